The van der Waals surface area contributed by atoms with Crippen LogP contribution in [0.15, 0.2) is 4.99 Å². The SMILES string of the molecule is NC(=NCC1CCCCS1)C1CCCC1. The molecule has 1 saturated heterocycles. The molecule has 0 amide bonds. The summed E-state index contributed by atoms with van der Waals surface area (Å²) in [7, 11) is 0. The molecule has 3 heteroatoms. The molecule has 0 spiro atoms. The minimum atomic E-state index is 0.610. The van der Waals surface area contributed by atoms with Crippen LogP contribution < -0.4 is 5.73 Å². The Balaban J connectivity index is 1.76. The van der Waals surface area contributed by atoms with E-state index < -0.39 is 0 Å². The first-order chi connectivity index (χ1) is 7.36. The monoisotopic (exact) mass is 226 g/mol. The van der Waals surface area contributed by atoms with Gasteiger partial charge < -0.3 is 5.73 Å². The van der Waals surface area contributed by atoms with Crippen LogP contribution in [0.1, 0.15) is 44.9 Å². The van der Waals surface area contributed by atoms with Gasteiger partial charge in [-0.2, -0.15) is 11.8 Å². The molecule has 0 aromatic carbocycles. The molecule has 1 unspecified atom stereocenters. The van der Waals surface area contributed by atoms with Crippen LogP contribution in [-0.4, -0.2) is 23.4 Å². The number of hydrogen-bond acceptors (Lipinski definition) is 2. The van der Waals surface area contributed by atoms with Gasteiger partial charge in [-0.25, -0.2) is 0 Å². The molecule has 86 valence electrons. The number of thioether (sulfide) groups is 1. The van der Waals surface area contributed by atoms with Gasteiger partial charge in [0.1, 0.15) is 0 Å². The summed E-state index contributed by atoms with van der Waals surface area (Å²) in [6.07, 6.45) is 9.35. The quantitative estimate of drug-likeness (QED) is 0.593. The fraction of sp³-hybridized carbons (Fsp3) is 0.917. The van der Waals surface area contributed by atoms with Crippen molar-refractivity contribution in [3.05, 3.63) is 0 Å². The summed E-state index contributed by atoms with van der Waals surface area (Å²) < 4.78 is 0. The van der Waals surface area contributed by atoms with E-state index >= 15 is 0 Å². The highest BCUT2D eigenvalue weighted by molar-refractivity contribution is 7.99. The largest absolute Gasteiger partial charge is 0.387 e. The number of rotatable bonds is 3. The van der Waals surface area contributed by atoms with Crippen LogP contribution in [0.3, 0.4) is 0 Å². The lowest BCUT2D eigenvalue weighted by Gasteiger charge is -2.19. The summed E-state index contributed by atoms with van der Waals surface area (Å²) in [5, 5.41) is 0.749. The van der Waals surface area contributed by atoms with Crippen LogP contribution in [0, 0.1) is 5.92 Å². The van der Waals surface area contributed by atoms with Crippen LogP contribution in [0.4, 0.5) is 0 Å². The van der Waals surface area contributed by atoms with E-state index in [2.05, 4.69) is 16.8 Å². The van der Waals surface area contributed by atoms with Gasteiger partial charge in [0, 0.05) is 11.2 Å². The van der Waals surface area contributed by atoms with E-state index in [1.165, 1.54) is 50.7 Å². The predicted molar refractivity (Wildman–Crippen MR) is 68.5 cm³/mol. The lowest BCUT2D eigenvalue weighted by molar-refractivity contribution is 0.660. The first kappa shape index (κ1) is 11.3. The van der Waals surface area contributed by atoms with Gasteiger partial charge >= 0.3 is 0 Å². The van der Waals surface area contributed by atoms with Gasteiger partial charge in [-0.15, -0.1) is 0 Å². The molecule has 0 radical (unpaired) electrons. The third-order valence-corrected chi connectivity index (χ3v) is 4.91. The molecule has 0 aromatic rings. The first-order valence-electron chi connectivity index (χ1n) is 6.27. The number of nitrogens with two attached hydrogens (primary N) is 1. The molecule has 1 aliphatic heterocycles. The second kappa shape index (κ2) is 5.78. The van der Waals surface area contributed by atoms with Crippen LogP contribution in [0.5, 0.6) is 0 Å². The van der Waals surface area contributed by atoms with Crippen LogP contribution in [0.2, 0.25) is 0 Å². The molecule has 0 bridgehead atoms. The van der Waals surface area contributed by atoms with Crippen molar-refractivity contribution in [3.8, 4) is 0 Å². The normalized spacial score (nSPS) is 29.6. The van der Waals surface area contributed by atoms with Crippen molar-refractivity contribution in [3.63, 3.8) is 0 Å². The topological polar surface area (TPSA) is 38.4 Å². The molecule has 2 rings (SSSR count). The first-order valence-corrected chi connectivity index (χ1v) is 7.32. The van der Waals surface area contributed by atoms with E-state index in [0.717, 1.165) is 17.6 Å². The van der Waals surface area contributed by atoms with E-state index in [-0.39, 0.29) is 0 Å². The van der Waals surface area contributed by atoms with Gasteiger partial charge in [0.15, 0.2) is 0 Å². The zero-order valence-corrected chi connectivity index (χ0v) is 10.3. The molecular weight excluding hydrogens is 204 g/mol. The number of nitrogens with zero attached hydrogens (tertiary/aromatic N) is 1. The summed E-state index contributed by atoms with van der Waals surface area (Å²) in [5.41, 5.74) is 6.04. The van der Waals surface area contributed by atoms with E-state index in [1.807, 2.05) is 0 Å². The standard InChI is InChI=1S/C12H22N2S/c13-12(10-5-1-2-6-10)14-9-11-7-3-4-8-15-11/h10-11H,1-9H2,(H2,13,14). The highest BCUT2D eigenvalue weighted by Crippen LogP contribution is 2.27. The van der Waals surface area contributed by atoms with Crippen molar-refractivity contribution in [1.82, 2.24) is 0 Å². The maximum absolute atomic E-state index is 6.04. The van der Waals surface area contributed by atoms with Gasteiger partial charge in [-0.3, -0.25) is 4.99 Å². The summed E-state index contributed by atoms with van der Waals surface area (Å²) in [6.45, 7) is 0.965. The minimum absolute atomic E-state index is 0.610. The smallest absolute Gasteiger partial charge is 0.0968 e. The molecule has 2 nitrogen and oxygen atoms in total. The fourth-order valence-corrected chi connectivity index (χ4v) is 3.73. The van der Waals surface area contributed by atoms with Gasteiger partial charge in [-0.1, -0.05) is 19.3 Å². The van der Waals surface area contributed by atoms with Crippen molar-refractivity contribution in [2.75, 3.05) is 12.3 Å². The van der Waals surface area contributed by atoms with E-state index in [4.69, 9.17) is 5.73 Å². The molecule has 2 fully saturated rings. The van der Waals surface area contributed by atoms with Gasteiger partial charge in [0.25, 0.3) is 0 Å². The summed E-state index contributed by atoms with van der Waals surface area (Å²) in [4.78, 5) is 4.60. The van der Waals surface area contributed by atoms with E-state index in [9.17, 15) is 0 Å². The second-order valence-corrected chi connectivity index (χ2v) is 6.14. The molecule has 1 heterocycles. The van der Waals surface area contributed by atoms with E-state index in [0.29, 0.717) is 5.92 Å². The van der Waals surface area contributed by atoms with Crippen molar-refractivity contribution >= 4 is 17.6 Å². The lowest BCUT2D eigenvalue weighted by atomic mass is 10.1. The Morgan fingerprint density at radius 2 is 1.87 bits per heavy atom. The summed E-state index contributed by atoms with van der Waals surface area (Å²) >= 11 is 2.09. The Hall–Kier alpha value is -0.180. The van der Waals surface area contributed by atoms with Crippen molar-refractivity contribution < 1.29 is 0 Å². The van der Waals surface area contributed by atoms with Gasteiger partial charge in [0.05, 0.1) is 12.4 Å². The summed E-state index contributed by atoms with van der Waals surface area (Å²) in [5.74, 6) is 2.88. The Kier molecular flexibility index (Phi) is 4.36. The molecule has 2 N–H and O–H groups in total. The number of hydrogen-bond donors (Lipinski definition) is 1. The molecule has 0 aromatic heterocycles. The molecule has 2 aliphatic rings. The van der Waals surface area contributed by atoms with E-state index in [1.54, 1.807) is 0 Å². The predicted octanol–water partition coefficient (Wildman–Crippen LogP) is 2.82. The lowest BCUT2D eigenvalue weighted by Crippen LogP contribution is -2.24. The molecule has 1 saturated carbocycles. The van der Waals surface area contributed by atoms with Crippen molar-refractivity contribution in [1.29, 1.82) is 0 Å². The van der Waals surface area contributed by atoms with Gasteiger partial charge in [-0.05, 0) is 31.4 Å². The maximum Gasteiger partial charge on any atom is 0.0968 e. The van der Waals surface area contributed by atoms with Crippen molar-refractivity contribution in [2.24, 2.45) is 16.6 Å². The number of aliphatic imine (C=N–C) groups is 1. The third-order valence-electron chi connectivity index (χ3n) is 3.52. The zero-order chi connectivity index (χ0) is 10.5. The van der Waals surface area contributed by atoms with Crippen LogP contribution in [-0.2, 0) is 0 Å². The average molecular weight is 226 g/mol. The molecular formula is C12H22N2S. The maximum atomic E-state index is 6.04. The number of amidine groups is 1. The highest BCUT2D eigenvalue weighted by Gasteiger charge is 2.19. The molecule has 1 aliphatic carbocycles. The van der Waals surface area contributed by atoms with Gasteiger partial charge in [0.2, 0.25) is 0 Å². The molecule has 1 atom stereocenters. The van der Waals surface area contributed by atoms with Crippen molar-refractivity contribution in [2.45, 2.75) is 50.2 Å². The Labute approximate surface area is 97.1 Å². The highest BCUT2D eigenvalue weighted by atomic mass is 32.2. The Morgan fingerprint density at radius 1 is 1.13 bits per heavy atom. The Bertz CT molecular complexity index is 216. The Morgan fingerprint density at radius 3 is 2.53 bits per heavy atom. The second-order valence-electron chi connectivity index (χ2n) is 4.74. The zero-order valence-electron chi connectivity index (χ0n) is 9.45. The van der Waals surface area contributed by atoms with Crippen LogP contribution in [0.25, 0.3) is 0 Å². The third kappa shape index (κ3) is 3.40. The average Bonchev–Trinajstić information content (AvgIpc) is 2.81. The summed E-state index contributed by atoms with van der Waals surface area (Å²) in [6, 6.07) is 0. The molecule has 15 heavy (non-hydrogen) atoms. The van der Waals surface area contributed by atoms with Crippen LogP contribution >= 0.6 is 11.8 Å². The fourth-order valence-electron chi connectivity index (χ4n) is 2.51. The minimum Gasteiger partial charge on any atom is -0.387 e.